The van der Waals surface area contributed by atoms with Gasteiger partial charge >= 0.3 is 0 Å². The van der Waals surface area contributed by atoms with E-state index >= 15 is 0 Å². The van der Waals surface area contributed by atoms with Crippen molar-refractivity contribution in [1.29, 1.82) is 0 Å². The van der Waals surface area contributed by atoms with Gasteiger partial charge in [0.05, 0.1) is 12.1 Å². The van der Waals surface area contributed by atoms with Gasteiger partial charge in [-0.1, -0.05) is 0 Å². The van der Waals surface area contributed by atoms with E-state index in [-0.39, 0.29) is 5.03 Å². The minimum atomic E-state index is -3.72. The first-order valence-corrected chi connectivity index (χ1v) is 5.91. The molecule has 86 valence electrons. The highest BCUT2D eigenvalue weighted by Gasteiger charge is 2.19. The molecule has 0 aliphatic carbocycles. The first-order valence-electron chi connectivity index (χ1n) is 4.36. The second-order valence-corrected chi connectivity index (χ2v) is 5.37. The zero-order chi connectivity index (χ0) is 11.7. The number of ether oxygens (including phenoxy) is 1. The molecule has 0 atom stereocenters. The van der Waals surface area contributed by atoms with Gasteiger partial charge in [0.1, 0.15) is 0 Å². The fourth-order valence-corrected chi connectivity index (χ4v) is 1.51. The van der Waals surface area contributed by atoms with E-state index in [1.807, 2.05) is 13.8 Å². The van der Waals surface area contributed by atoms with E-state index in [2.05, 4.69) is 5.10 Å². The Morgan fingerprint density at radius 2 is 2.20 bits per heavy atom. The molecule has 0 saturated carbocycles. The number of rotatable bonds is 4. The van der Waals surface area contributed by atoms with Crippen LogP contribution >= 0.6 is 0 Å². The van der Waals surface area contributed by atoms with Crippen LogP contribution in [0.1, 0.15) is 13.8 Å². The van der Waals surface area contributed by atoms with Crippen LogP contribution in [0.2, 0.25) is 0 Å². The number of aromatic nitrogens is 2. The molecular weight excluding hydrogens is 218 g/mol. The second kappa shape index (κ2) is 3.92. The van der Waals surface area contributed by atoms with Gasteiger partial charge in [-0.25, -0.2) is 13.6 Å². The van der Waals surface area contributed by atoms with E-state index in [4.69, 9.17) is 9.88 Å². The molecule has 0 unspecified atom stereocenters. The predicted octanol–water partition coefficient (Wildman–Crippen LogP) is -0.0445. The van der Waals surface area contributed by atoms with Crippen molar-refractivity contribution in [1.82, 2.24) is 9.78 Å². The lowest BCUT2D eigenvalue weighted by Gasteiger charge is -2.22. The largest absolute Gasteiger partial charge is 0.377 e. The van der Waals surface area contributed by atoms with Crippen LogP contribution < -0.4 is 5.14 Å². The fourth-order valence-electron chi connectivity index (χ4n) is 1.04. The number of primary sulfonamides is 1. The molecular formula is C8H15N3O3S. The zero-order valence-corrected chi connectivity index (χ0v) is 9.78. The van der Waals surface area contributed by atoms with Crippen LogP contribution in [0.25, 0.3) is 0 Å². The Morgan fingerprint density at radius 1 is 1.60 bits per heavy atom. The molecule has 0 radical (unpaired) electrons. The molecule has 0 bridgehead atoms. The summed E-state index contributed by atoms with van der Waals surface area (Å²) in [5, 5.41) is 8.64. The van der Waals surface area contributed by atoms with Gasteiger partial charge in [0.15, 0.2) is 5.03 Å². The van der Waals surface area contributed by atoms with Crippen LogP contribution in [-0.2, 0) is 21.3 Å². The van der Waals surface area contributed by atoms with E-state index in [1.165, 1.54) is 10.7 Å². The summed E-state index contributed by atoms with van der Waals surface area (Å²) < 4.78 is 28.6. The molecule has 0 fully saturated rings. The standard InChI is InChI=1S/C8H15N3O3S/c1-8(2,14-3)6-11-5-4-7(10-11)15(9,12)13/h4-5H,6H2,1-3H3,(H2,9,12,13). The Labute approximate surface area is 89.1 Å². The zero-order valence-electron chi connectivity index (χ0n) is 8.97. The molecule has 0 aromatic carbocycles. The summed E-state index contributed by atoms with van der Waals surface area (Å²) in [6.07, 6.45) is 1.56. The number of sulfonamides is 1. The maximum atomic E-state index is 11.0. The van der Waals surface area contributed by atoms with E-state index in [1.54, 1.807) is 13.3 Å². The third-order valence-electron chi connectivity index (χ3n) is 2.00. The molecule has 0 amide bonds. The molecule has 0 aliphatic rings. The van der Waals surface area contributed by atoms with Crippen LogP contribution in [0.15, 0.2) is 17.3 Å². The highest BCUT2D eigenvalue weighted by molar-refractivity contribution is 7.89. The van der Waals surface area contributed by atoms with E-state index < -0.39 is 15.6 Å². The molecule has 1 heterocycles. The Morgan fingerprint density at radius 3 is 2.60 bits per heavy atom. The minimum absolute atomic E-state index is 0.130. The Kier molecular flexibility index (Phi) is 3.17. The minimum Gasteiger partial charge on any atom is -0.377 e. The highest BCUT2D eigenvalue weighted by atomic mass is 32.2. The lowest BCUT2D eigenvalue weighted by molar-refractivity contribution is 0.00515. The third kappa shape index (κ3) is 3.29. The number of methoxy groups -OCH3 is 1. The van der Waals surface area contributed by atoms with E-state index in [9.17, 15) is 8.42 Å². The molecule has 1 aromatic heterocycles. The molecule has 1 rings (SSSR count). The van der Waals surface area contributed by atoms with Crippen LogP contribution in [0.4, 0.5) is 0 Å². The SMILES string of the molecule is COC(C)(C)Cn1ccc(S(N)(=O)=O)n1. The Hall–Kier alpha value is -0.920. The molecule has 0 saturated heterocycles. The van der Waals surface area contributed by atoms with Gasteiger partial charge in [0.2, 0.25) is 0 Å². The van der Waals surface area contributed by atoms with Crippen molar-refractivity contribution in [2.45, 2.75) is 31.0 Å². The first kappa shape index (κ1) is 12.2. The predicted molar refractivity (Wildman–Crippen MR) is 54.7 cm³/mol. The van der Waals surface area contributed by atoms with Gasteiger partial charge in [-0.15, -0.1) is 0 Å². The van der Waals surface area contributed by atoms with Gasteiger partial charge in [-0.05, 0) is 19.9 Å². The summed E-state index contributed by atoms with van der Waals surface area (Å²) in [6.45, 7) is 4.22. The molecule has 0 aliphatic heterocycles. The Balaban J connectivity index is 2.87. The van der Waals surface area contributed by atoms with Crippen molar-refractivity contribution in [2.24, 2.45) is 5.14 Å². The summed E-state index contributed by atoms with van der Waals surface area (Å²) in [4.78, 5) is 0. The monoisotopic (exact) mass is 233 g/mol. The lowest BCUT2D eigenvalue weighted by atomic mass is 10.1. The van der Waals surface area contributed by atoms with Crippen LogP contribution in [0.3, 0.4) is 0 Å². The Bertz CT molecular complexity index is 436. The van der Waals surface area contributed by atoms with Crippen molar-refractivity contribution in [2.75, 3.05) is 7.11 Å². The number of hydrogen-bond donors (Lipinski definition) is 1. The first-order chi connectivity index (χ1) is 6.74. The summed E-state index contributed by atoms with van der Waals surface area (Å²) >= 11 is 0. The van der Waals surface area contributed by atoms with E-state index in [0.29, 0.717) is 6.54 Å². The summed E-state index contributed by atoms with van der Waals surface area (Å²) in [6, 6.07) is 1.36. The third-order valence-corrected chi connectivity index (χ3v) is 2.80. The molecule has 7 heteroatoms. The maximum absolute atomic E-state index is 11.0. The van der Waals surface area contributed by atoms with Crippen molar-refractivity contribution in [3.63, 3.8) is 0 Å². The highest BCUT2D eigenvalue weighted by Crippen LogP contribution is 2.11. The number of nitrogens with two attached hydrogens (primary N) is 1. The van der Waals surface area contributed by atoms with Gasteiger partial charge in [-0.2, -0.15) is 5.10 Å². The summed E-state index contributed by atoms with van der Waals surface area (Å²) in [7, 11) is -2.13. The normalized spacial score (nSPS) is 13.1. The van der Waals surface area contributed by atoms with Crippen LogP contribution in [0.5, 0.6) is 0 Å². The molecule has 1 aromatic rings. The van der Waals surface area contributed by atoms with E-state index in [0.717, 1.165) is 0 Å². The van der Waals surface area contributed by atoms with Crippen molar-refractivity contribution >= 4 is 10.0 Å². The smallest absolute Gasteiger partial charge is 0.257 e. The molecule has 15 heavy (non-hydrogen) atoms. The summed E-state index contributed by atoms with van der Waals surface area (Å²) in [5.74, 6) is 0. The average Bonchev–Trinajstić information content (AvgIpc) is 2.51. The lowest BCUT2D eigenvalue weighted by Crippen LogP contribution is -2.29. The van der Waals surface area contributed by atoms with Gasteiger partial charge < -0.3 is 4.74 Å². The quantitative estimate of drug-likeness (QED) is 0.790. The van der Waals surface area contributed by atoms with Crippen molar-refractivity contribution < 1.29 is 13.2 Å². The average molecular weight is 233 g/mol. The second-order valence-electron chi connectivity index (χ2n) is 3.86. The van der Waals surface area contributed by atoms with Crippen LogP contribution in [0, 0.1) is 0 Å². The topological polar surface area (TPSA) is 87.2 Å². The number of nitrogens with zero attached hydrogens (tertiary/aromatic N) is 2. The maximum Gasteiger partial charge on any atom is 0.257 e. The fraction of sp³-hybridized carbons (Fsp3) is 0.625. The van der Waals surface area contributed by atoms with Gasteiger partial charge in [-0.3, -0.25) is 4.68 Å². The molecule has 0 spiro atoms. The molecule has 6 nitrogen and oxygen atoms in total. The number of hydrogen-bond acceptors (Lipinski definition) is 4. The van der Waals surface area contributed by atoms with Crippen molar-refractivity contribution in [3.05, 3.63) is 12.3 Å². The summed E-state index contributed by atoms with van der Waals surface area (Å²) in [5.41, 5.74) is -0.401. The molecule has 2 N–H and O–H groups in total. The van der Waals surface area contributed by atoms with Gasteiger partial charge in [0, 0.05) is 13.3 Å². The van der Waals surface area contributed by atoms with Crippen LogP contribution in [-0.4, -0.2) is 30.9 Å². The van der Waals surface area contributed by atoms with Gasteiger partial charge in [0.25, 0.3) is 10.0 Å². The van der Waals surface area contributed by atoms with Crippen molar-refractivity contribution in [3.8, 4) is 0 Å².